The minimum atomic E-state index is -3.01. The molecule has 0 amide bonds. The van der Waals surface area contributed by atoms with Gasteiger partial charge < -0.3 is 15.3 Å². The average Bonchev–Trinajstić information content (AvgIpc) is 2.24. The van der Waals surface area contributed by atoms with Crippen LogP contribution in [0.3, 0.4) is 0 Å². The van der Waals surface area contributed by atoms with Crippen molar-refractivity contribution in [2.45, 2.75) is 45.0 Å². The zero-order valence-corrected chi connectivity index (χ0v) is 10.6. The smallest absolute Gasteiger partial charge is 0.210 e. The molecular weight excluding hydrogens is 244 g/mol. The lowest BCUT2D eigenvalue weighted by atomic mass is 9.75. The van der Waals surface area contributed by atoms with Gasteiger partial charge in [0.2, 0.25) is 11.2 Å². The molecule has 0 unspecified atom stereocenters. The van der Waals surface area contributed by atoms with Crippen molar-refractivity contribution >= 4 is 23.1 Å². The molecule has 102 valence electrons. The minimum absolute atomic E-state index is 0.797. The second kappa shape index (κ2) is 5.05. The highest BCUT2D eigenvalue weighted by Crippen LogP contribution is 2.26. The van der Waals surface area contributed by atoms with Gasteiger partial charge in [0, 0.05) is 0 Å². The van der Waals surface area contributed by atoms with Crippen LogP contribution < -0.4 is 0 Å². The third-order valence-electron chi connectivity index (χ3n) is 2.94. The molecule has 3 N–H and O–H groups in total. The maximum Gasteiger partial charge on any atom is 0.210 e. The van der Waals surface area contributed by atoms with Crippen LogP contribution in [0.5, 0.6) is 0 Å². The Bertz CT molecular complexity index is 344. The SMILES string of the molecule is CC(=O)C(O)(C(C)=O)C(O)C(O)(C(C)=O)C(C)=O. The van der Waals surface area contributed by atoms with Crippen LogP contribution in [0.2, 0.25) is 0 Å². The van der Waals surface area contributed by atoms with Crippen LogP contribution >= 0.6 is 0 Å². The van der Waals surface area contributed by atoms with Gasteiger partial charge in [-0.3, -0.25) is 19.2 Å². The Labute approximate surface area is 103 Å². The molecule has 0 aromatic heterocycles. The maximum absolute atomic E-state index is 11.3. The highest BCUT2D eigenvalue weighted by molar-refractivity contribution is 6.14. The molecule has 0 bridgehead atoms. The summed E-state index contributed by atoms with van der Waals surface area (Å²) in [5.74, 6) is -4.71. The van der Waals surface area contributed by atoms with Gasteiger partial charge in [0.25, 0.3) is 0 Å². The predicted octanol–water partition coefficient (Wildman–Crippen LogP) is -1.83. The van der Waals surface area contributed by atoms with E-state index >= 15 is 0 Å². The number of carbonyl (C=O) groups is 4. The van der Waals surface area contributed by atoms with E-state index < -0.39 is 40.4 Å². The molecule has 7 nitrogen and oxygen atoms in total. The molecule has 0 aromatic rings. The van der Waals surface area contributed by atoms with Crippen LogP contribution in [0.1, 0.15) is 27.7 Å². The maximum atomic E-state index is 11.3. The van der Waals surface area contributed by atoms with Crippen LogP contribution in [0.25, 0.3) is 0 Å². The molecule has 0 radical (unpaired) electrons. The third-order valence-corrected chi connectivity index (χ3v) is 2.94. The number of hydrogen-bond donors (Lipinski definition) is 3. The minimum Gasteiger partial charge on any atom is -0.385 e. The average molecular weight is 260 g/mol. The Hall–Kier alpha value is -1.44. The van der Waals surface area contributed by atoms with Crippen LogP contribution in [0, 0.1) is 0 Å². The van der Waals surface area contributed by atoms with Crippen molar-refractivity contribution in [3.05, 3.63) is 0 Å². The lowest BCUT2D eigenvalue weighted by molar-refractivity contribution is -0.189. The summed E-state index contributed by atoms with van der Waals surface area (Å²) < 4.78 is 0. The largest absolute Gasteiger partial charge is 0.385 e. The molecule has 18 heavy (non-hydrogen) atoms. The van der Waals surface area contributed by atoms with E-state index in [0.29, 0.717) is 0 Å². The summed E-state index contributed by atoms with van der Waals surface area (Å²) >= 11 is 0. The Morgan fingerprint density at radius 3 is 1.00 bits per heavy atom. The lowest BCUT2D eigenvalue weighted by Crippen LogP contribution is -2.68. The second-order valence-electron chi connectivity index (χ2n) is 4.16. The Morgan fingerprint density at radius 2 is 0.889 bits per heavy atom. The molecular formula is C11H16O7. The lowest BCUT2D eigenvalue weighted by Gasteiger charge is -2.36. The summed E-state index contributed by atoms with van der Waals surface area (Å²) in [5, 5.41) is 29.5. The molecule has 0 aliphatic carbocycles. The number of carbonyl (C=O) groups excluding carboxylic acids is 4. The summed E-state index contributed by atoms with van der Waals surface area (Å²) in [6.07, 6.45) is -2.56. The summed E-state index contributed by atoms with van der Waals surface area (Å²) in [4.78, 5) is 45.1. The van der Waals surface area contributed by atoms with Crippen molar-refractivity contribution in [3.63, 3.8) is 0 Å². The molecule has 0 aliphatic heterocycles. The van der Waals surface area contributed by atoms with E-state index in [4.69, 9.17) is 0 Å². The Balaban J connectivity index is 5.94. The second-order valence-corrected chi connectivity index (χ2v) is 4.16. The predicted molar refractivity (Wildman–Crippen MR) is 58.6 cm³/mol. The number of aliphatic hydroxyl groups is 3. The Kier molecular flexibility index (Phi) is 4.65. The fourth-order valence-electron chi connectivity index (χ4n) is 1.57. The molecule has 0 atom stereocenters. The van der Waals surface area contributed by atoms with E-state index in [-0.39, 0.29) is 0 Å². The van der Waals surface area contributed by atoms with E-state index in [0.717, 1.165) is 27.7 Å². The quantitative estimate of drug-likeness (QED) is 0.479. The standard InChI is InChI=1S/C11H16O7/c1-5(12)10(17,6(2)13)9(16)11(18,7(3)14)8(4)15/h9,16-18H,1-4H3. The van der Waals surface area contributed by atoms with E-state index in [2.05, 4.69) is 0 Å². The molecule has 0 aliphatic rings. The van der Waals surface area contributed by atoms with Crippen molar-refractivity contribution in [3.8, 4) is 0 Å². The zero-order valence-electron chi connectivity index (χ0n) is 10.6. The summed E-state index contributed by atoms with van der Waals surface area (Å²) in [6, 6.07) is 0. The molecule has 0 saturated heterocycles. The van der Waals surface area contributed by atoms with E-state index in [9.17, 15) is 34.5 Å². The van der Waals surface area contributed by atoms with Crippen molar-refractivity contribution in [1.82, 2.24) is 0 Å². The van der Waals surface area contributed by atoms with E-state index in [1.165, 1.54) is 0 Å². The summed E-state index contributed by atoms with van der Waals surface area (Å²) in [5.41, 5.74) is -6.02. The molecule has 0 fully saturated rings. The van der Waals surface area contributed by atoms with E-state index in [1.807, 2.05) is 0 Å². The van der Waals surface area contributed by atoms with Crippen molar-refractivity contribution in [2.24, 2.45) is 0 Å². The van der Waals surface area contributed by atoms with Gasteiger partial charge >= 0.3 is 0 Å². The topological polar surface area (TPSA) is 129 Å². The first-order valence-corrected chi connectivity index (χ1v) is 5.10. The molecule has 7 heteroatoms. The Morgan fingerprint density at radius 1 is 0.722 bits per heavy atom. The van der Waals surface area contributed by atoms with Crippen molar-refractivity contribution < 1.29 is 34.5 Å². The van der Waals surface area contributed by atoms with Crippen LogP contribution in [0.15, 0.2) is 0 Å². The van der Waals surface area contributed by atoms with Gasteiger partial charge in [-0.25, -0.2) is 0 Å². The first-order chi connectivity index (χ1) is 7.93. The fraction of sp³-hybridized carbons (Fsp3) is 0.636. The number of ketones is 4. The number of Topliss-reactive ketones (excluding diaryl/α,β-unsaturated/α-hetero) is 4. The summed E-state index contributed by atoms with van der Waals surface area (Å²) in [6.45, 7) is 3.19. The van der Waals surface area contributed by atoms with Gasteiger partial charge in [-0.05, 0) is 27.7 Å². The van der Waals surface area contributed by atoms with Gasteiger partial charge in [-0.2, -0.15) is 0 Å². The highest BCUT2D eigenvalue weighted by atomic mass is 16.4. The molecule has 0 spiro atoms. The normalized spacial score (nSPS) is 12.4. The monoisotopic (exact) mass is 260 g/mol. The van der Waals surface area contributed by atoms with Gasteiger partial charge in [-0.15, -0.1) is 0 Å². The van der Waals surface area contributed by atoms with Crippen molar-refractivity contribution in [1.29, 1.82) is 0 Å². The first kappa shape index (κ1) is 16.6. The molecule has 0 aromatic carbocycles. The highest BCUT2D eigenvalue weighted by Gasteiger charge is 2.59. The number of hydrogen-bond acceptors (Lipinski definition) is 7. The third kappa shape index (κ3) is 2.24. The van der Waals surface area contributed by atoms with Gasteiger partial charge in [-0.1, -0.05) is 0 Å². The van der Waals surface area contributed by atoms with Crippen LogP contribution in [0.4, 0.5) is 0 Å². The molecule has 0 heterocycles. The van der Waals surface area contributed by atoms with Gasteiger partial charge in [0.1, 0.15) is 6.10 Å². The van der Waals surface area contributed by atoms with Gasteiger partial charge in [0.15, 0.2) is 23.1 Å². The number of aliphatic hydroxyl groups excluding tert-OH is 1. The van der Waals surface area contributed by atoms with Gasteiger partial charge in [0.05, 0.1) is 0 Å². The van der Waals surface area contributed by atoms with E-state index in [1.54, 1.807) is 0 Å². The zero-order chi connectivity index (χ0) is 14.9. The van der Waals surface area contributed by atoms with Crippen molar-refractivity contribution in [2.75, 3.05) is 0 Å². The van der Waals surface area contributed by atoms with Crippen LogP contribution in [-0.4, -0.2) is 55.8 Å². The fourth-order valence-corrected chi connectivity index (χ4v) is 1.57. The molecule has 0 rings (SSSR count). The first-order valence-electron chi connectivity index (χ1n) is 5.10. The number of rotatable bonds is 6. The summed E-state index contributed by atoms with van der Waals surface area (Å²) in [7, 11) is 0. The van der Waals surface area contributed by atoms with Crippen LogP contribution in [-0.2, 0) is 19.2 Å². The molecule has 0 saturated carbocycles.